The van der Waals surface area contributed by atoms with Crippen LogP contribution in [0.5, 0.6) is 28.7 Å². The van der Waals surface area contributed by atoms with Crippen LogP contribution in [-0.2, 0) is 0 Å². The lowest BCUT2D eigenvalue weighted by Crippen LogP contribution is -2.21. The van der Waals surface area contributed by atoms with Gasteiger partial charge < -0.3 is 29.8 Å². The predicted octanol–water partition coefficient (Wildman–Crippen LogP) is 2.74. The molecule has 0 bridgehead atoms. The third kappa shape index (κ3) is 2.43. The molecule has 0 radical (unpaired) electrons. The fourth-order valence-corrected chi connectivity index (χ4v) is 3.17. The first-order valence-electron chi connectivity index (χ1n) is 8.09. The summed E-state index contributed by atoms with van der Waals surface area (Å²) >= 11 is 0. The van der Waals surface area contributed by atoms with Gasteiger partial charge in [0.2, 0.25) is 12.7 Å². The SMILES string of the molecule is CCOc1cc(C2C(C#N)=C(N)Oc3cc4c(cc32)OCO4)ccc1O. The highest BCUT2D eigenvalue weighted by molar-refractivity contribution is 5.62. The lowest BCUT2D eigenvalue weighted by molar-refractivity contribution is 0.174. The Kier molecular flexibility index (Phi) is 3.73. The second-order valence-corrected chi connectivity index (χ2v) is 5.83. The van der Waals surface area contributed by atoms with Gasteiger partial charge in [0.1, 0.15) is 17.4 Å². The zero-order chi connectivity index (χ0) is 18.3. The van der Waals surface area contributed by atoms with Crippen molar-refractivity contribution in [3.63, 3.8) is 0 Å². The van der Waals surface area contributed by atoms with Gasteiger partial charge in [-0.1, -0.05) is 6.07 Å². The smallest absolute Gasteiger partial charge is 0.231 e. The first-order valence-corrected chi connectivity index (χ1v) is 8.09. The number of hydrogen-bond acceptors (Lipinski definition) is 7. The van der Waals surface area contributed by atoms with Crippen LogP contribution in [-0.4, -0.2) is 18.5 Å². The van der Waals surface area contributed by atoms with Crippen LogP contribution in [0.15, 0.2) is 41.8 Å². The number of benzene rings is 2. The van der Waals surface area contributed by atoms with Crippen molar-refractivity contribution in [2.24, 2.45) is 5.73 Å². The first-order chi connectivity index (χ1) is 12.6. The third-order valence-electron chi connectivity index (χ3n) is 4.33. The second-order valence-electron chi connectivity index (χ2n) is 5.83. The number of ether oxygens (including phenoxy) is 4. The van der Waals surface area contributed by atoms with Gasteiger partial charge in [-0.15, -0.1) is 0 Å². The fourth-order valence-electron chi connectivity index (χ4n) is 3.17. The molecule has 0 spiro atoms. The molecule has 7 heteroatoms. The van der Waals surface area contributed by atoms with Crippen LogP contribution in [0.25, 0.3) is 0 Å². The summed E-state index contributed by atoms with van der Waals surface area (Å²) in [6.07, 6.45) is 0. The maximum atomic E-state index is 9.97. The number of nitrogens with zero attached hydrogens (tertiary/aromatic N) is 1. The van der Waals surface area contributed by atoms with E-state index in [0.29, 0.717) is 29.6 Å². The number of rotatable bonds is 3. The van der Waals surface area contributed by atoms with E-state index >= 15 is 0 Å². The summed E-state index contributed by atoms with van der Waals surface area (Å²) in [6.45, 7) is 2.36. The van der Waals surface area contributed by atoms with E-state index in [1.54, 1.807) is 24.3 Å². The largest absolute Gasteiger partial charge is 0.504 e. The predicted molar refractivity (Wildman–Crippen MR) is 91.1 cm³/mol. The molecule has 0 saturated carbocycles. The van der Waals surface area contributed by atoms with Crippen LogP contribution >= 0.6 is 0 Å². The van der Waals surface area contributed by atoms with Crippen LogP contribution in [0.4, 0.5) is 0 Å². The molecule has 132 valence electrons. The Bertz CT molecular complexity index is 961. The van der Waals surface area contributed by atoms with E-state index in [1.807, 2.05) is 6.92 Å². The average molecular weight is 352 g/mol. The summed E-state index contributed by atoms with van der Waals surface area (Å²) in [5.74, 6) is 1.59. The maximum absolute atomic E-state index is 9.97. The molecule has 0 aliphatic carbocycles. The number of allylic oxidation sites excluding steroid dienone is 1. The molecule has 26 heavy (non-hydrogen) atoms. The quantitative estimate of drug-likeness (QED) is 0.874. The second kappa shape index (κ2) is 6.08. The average Bonchev–Trinajstić information content (AvgIpc) is 3.08. The molecule has 7 nitrogen and oxygen atoms in total. The number of aromatic hydroxyl groups is 1. The Morgan fingerprint density at radius 3 is 2.73 bits per heavy atom. The highest BCUT2D eigenvalue weighted by Crippen LogP contribution is 2.48. The molecule has 4 rings (SSSR count). The van der Waals surface area contributed by atoms with Crippen molar-refractivity contribution < 1.29 is 24.1 Å². The fraction of sp³-hybridized carbons (Fsp3) is 0.211. The monoisotopic (exact) mass is 352 g/mol. The van der Waals surface area contributed by atoms with Crippen molar-refractivity contribution in [1.29, 1.82) is 5.26 Å². The van der Waals surface area contributed by atoms with E-state index in [2.05, 4.69) is 6.07 Å². The van der Waals surface area contributed by atoms with E-state index in [1.165, 1.54) is 6.07 Å². The molecular weight excluding hydrogens is 336 g/mol. The molecule has 2 aromatic rings. The van der Waals surface area contributed by atoms with Crippen molar-refractivity contribution in [3.8, 4) is 34.8 Å². The van der Waals surface area contributed by atoms with Gasteiger partial charge in [-0.25, -0.2) is 0 Å². The zero-order valence-corrected chi connectivity index (χ0v) is 14.0. The molecule has 0 amide bonds. The summed E-state index contributed by atoms with van der Waals surface area (Å²) in [4.78, 5) is 0. The molecule has 2 aliphatic heterocycles. The Morgan fingerprint density at radius 2 is 2.00 bits per heavy atom. The van der Waals surface area contributed by atoms with Crippen molar-refractivity contribution in [3.05, 3.63) is 52.9 Å². The van der Waals surface area contributed by atoms with Gasteiger partial charge in [0.05, 0.1) is 12.5 Å². The Balaban J connectivity index is 1.89. The molecule has 2 aliphatic rings. The number of hydrogen-bond donors (Lipinski definition) is 2. The van der Waals surface area contributed by atoms with Crippen molar-refractivity contribution in [2.45, 2.75) is 12.8 Å². The lowest BCUT2D eigenvalue weighted by atomic mass is 9.83. The molecule has 0 aromatic heterocycles. The van der Waals surface area contributed by atoms with Gasteiger partial charge in [0.25, 0.3) is 0 Å². The topological polar surface area (TPSA) is 107 Å². The molecule has 2 heterocycles. The van der Waals surface area contributed by atoms with Crippen LogP contribution < -0.4 is 24.7 Å². The number of fused-ring (bicyclic) bond motifs is 2. The minimum atomic E-state index is -0.474. The minimum absolute atomic E-state index is 0.0315. The number of nitriles is 1. The first kappa shape index (κ1) is 16.0. The summed E-state index contributed by atoms with van der Waals surface area (Å²) in [5.41, 5.74) is 7.74. The third-order valence-corrected chi connectivity index (χ3v) is 4.33. The van der Waals surface area contributed by atoms with E-state index in [4.69, 9.17) is 24.7 Å². The molecule has 1 atom stereocenters. The van der Waals surface area contributed by atoms with Gasteiger partial charge in [0.15, 0.2) is 23.0 Å². The van der Waals surface area contributed by atoms with Gasteiger partial charge >= 0.3 is 0 Å². The number of nitrogens with two attached hydrogens (primary N) is 1. The Labute approximate surface area is 149 Å². The van der Waals surface area contributed by atoms with Gasteiger partial charge in [0, 0.05) is 11.6 Å². The summed E-state index contributed by atoms with van der Waals surface area (Å²) in [5, 5.41) is 19.6. The zero-order valence-electron chi connectivity index (χ0n) is 14.0. The van der Waals surface area contributed by atoms with Gasteiger partial charge in [-0.05, 0) is 30.7 Å². The number of phenolic OH excluding ortho intramolecular Hbond substituents is 1. The molecule has 1 unspecified atom stereocenters. The highest BCUT2D eigenvalue weighted by atomic mass is 16.7. The molecule has 3 N–H and O–H groups in total. The van der Waals surface area contributed by atoms with E-state index < -0.39 is 5.92 Å². The number of phenols is 1. The molecular formula is C19H16N2O5. The van der Waals surface area contributed by atoms with E-state index in [0.717, 1.165) is 11.1 Å². The summed E-state index contributed by atoms with van der Waals surface area (Å²) in [7, 11) is 0. The normalized spacial score (nSPS) is 17.3. The van der Waals surface area contributed by atoms with Gasteiger partial charge in [-0.3, -0.25) is 0 Å². The van der Waals surface area contributed by atoms with E-state index in [-0.39, 0.29) is 24.0 Å². The van der Waals surface area contributed by atoms with E-state index in [9.17, 15) is 10.4 Å². The Hall–Kier alpha value is -3.53. The Morgan fingerprint density at radius 1 is 1.23 bits per heavy atom. The van der Waals surface area contributed by atoms with Crippen LogP contribution in [0.2, 0.25) is 0 Å². The van der Waals surface area contributed by atoms with Crippen LogP contribution in [0.3, 0.4) is 0 Å². The van der Waals surface area contributed by atoms with Crippen molar-refractivity contribution >= 4 is 0 Å². The minimum Gasteiger partial charge on any atom is -0.504 e. The molecule has 0 fully saturated rings. The molecule has 2 aromatic carbocycles. The highest BCUT2D eigenvalue weighted by Gasteiger charge is 2.33. The van der Waals surface area contributed by atoms with Gasteiger partial charge in [-0.2, -0.15) is 5.26 Å². The molecule has 0 saturated heterocycles. The maximum Gasteiger partial charge on any atom is 0.231 e. The standard InChI is InChI=1S/C19H16N2O5/c1-2-23-15-5-10(3-4-13(15)22)18-11-6-16-17(25-9-24-16)7-14(11)26-19(21)12(18)8-20/h3-7,18,22H,2,9,21H2,1H3. The van der Waals surface area contributed by atoms with Crippen LogP contribution in [0, 0.1) is 11.3 Å². The van der Waals surface area contributed by atoms with Crippen LogP contribution in [0.1, 0.15) is 24.0 Å². The summed E-state index contributed by atoms with van der Waals surface area (Å²) in [6, 6.07) is 10.6. The summed E-state index contributed by atoms with van der Waals surface area (Å²) < 4.78 is 21.9. The van der Waals surface area contributed by atoms with Crippen molar-refractivity contribution in [1.82, 2.24) is 0 Å². The van der Waals surface area contributed by atoms with Crippen molar-refractivity contribution in [2.75, 3.05) is 13.4 Å². The lowest BCUT2D eigenvalue weighted by Gasteiger charge is -2.27.